The molecule has 3 unspecified atom stereocenters. The van der Waals surface area contributed by atoms with Crippen molar-refractivity contribution in [3.8, 4) is 0 Å². The number of nitrogens with zero attached hydrogens (tertiary/aromatic N) is 1. The largest absolute Gasteiger partial charge is 0.393 e. The van der Waals surface area contributed by atoms with Crippen molar-refractivity contribution in [3.63, 3.8) is 0 Å². The molecule has 0 bridgehead atoms. The highest BCUT2D eigenvalue weighted by molar-refractivity contribution is 5.22. The van der Waals surface area contributed by atoms with Gasteiger partial charge in [0, 0.05) is 18.2 Å². The Labute approximate surface area is 108 Å². The van der Waals surface area contributed by atoms with E-state index >= 15 is 0 Å². The number of nitrogens with two attached hydrogens (primary N) is 1. The zero-order valence-corrected chi connectivity index (χ0v) is 11.3. The Morgan fingerprint density at radius 1 is 1.33 bits per heavy atom. The van der Waals surface area contributed by atoms with Gasteiger partial charge in [-0.1, -0.05) is 18.2 Å². The van der Waals surface area contributed by atoms with Gasteiger partial charge >= 0.3 is 0 Å². The van der Waals surface area contributed by atoms with Crippen molar-refractivity contribution in [1.82, 2.24) is 4.90 Å². The molecule has 0 aliphatic heterocycles. The van der Waals surface area contributed by atoms with Crippen LogP contribution < -0.4 is 5.73 Å². The molecule has 1 aromatic rings. The lowest BCUT2D eigenvalue weighted by atomic mass is 9.98. The summed E-state index contributed by atoms with van der Waals surface area (Å²) in [5, 5.41) is 9.31. The first-order valence-electron chi connectivity index (χ1n) is 6.31. The summed E-state index contributed by atoms with van der Waals surface area (Å²) in [5.74, 6) is -0.233. The molecule has 0 saturated heterocycles. The molecule has 1 rings (SSSR count). The van der Waals surface area contributed by atoms with E-state index < -0.39 is 0 Å². The molecule has 4 heteroatoms. The van der Waals surface area contributed by atoms with E-state index in [0.29, 0.717) is 18.5 Å². The highest BCUT2D eigenvalue weighted by Gasteiger charge is 2.23. The fourth-order valence-corrected chi connectivity index (χ4v) is 2.17. The maximum absolute atomic E-state index is 13.8. The highest BCUT2D eigenvalue weighted by atomic mass is 19.1. The molecule has 0 amide bonds. The Balaban J connectivity index is 2.86. The van der Waals surface area contributed by atoms with Crippen LogP contribution in [0, 0.1) is 5.82 Å². The summed E-state index contributed by atoms with van der Waals surface area (Å²) in [6, 6.07) is 6.35. The van der Waals surface area contributed by atoms with E-state index in [1.165, 1.54) is 6.07 Å². The van der Waals surface area contributed by atoms with Crippen LogP contribution in [0.4, 0.5) is 4.39 Å². The lowest BCUT2D eigenvalue weighted by Gasteiger charge is -2.32. The fourth-order valence-electron chi connectivity index (χ4n) is 2.17. The Morgan fingerprint density at radius 2 is 1.94 bits per heavy atom. The maximum Gasteiger partial charge on any atom is 0.128 e. The van der Waals surface area contributed by atoms with Crippen molar-refractivity contribution in [2.75, 3.05) is 13.6 Å². The molecule has 102 valence electrons. The molecule has 0 aliphatic rings. The molecule has 0 fully saturated rings. The first kappa shape index (κ1) is 15.1. The van der Waals surface area contributed by atoms with Crippen LogP contribution >= 0.6 is 0 Å². The van der Waals surface area contributed by atoms with Crippen LogP contribution in [0.5, 0.6) is 0 Å². The lowest BCUT2D eigenvalue weighted by Crippen LogP contribution is -2.38. The average molecular weight is 254 g/mol. The van der Waals surface area contributed by atoms with Gasteiger partial charge in [-0.3, -0.25) is 4.90 Å². The van der Waals surface area contributed by atoms with E-state index in [4.69, 9.17) is 5.73 Å². The van der Waals surface area contributed by atoms with Crippen molar-refractivity contribution in [2.45, 2.75) is 38.5 Å². The van der Waals surface area contributed by atoms with Gasteiger partial charge in [0.05, 0.1) is 12.1 Å². The van der Waals surface area contributed by atoms with Gasteiger partial charge in [0.1, 0.15) is 5.82 Å². The number of aliphatic hydroxyl groups is 1. The van der Waals surface area contributed by atoms with Gasteiger partial charge in [0.25, 0.3) is 0 Å². The molecule has 18 heavy (non-hydrogen) atoms. The SMILES string of the molecule is CC(O)CCN(C)C(c1ccccc1F)C(C)N. The molecule has 0 heterocycles. The van der Waals surface area contributed by atoms with Gasteiger partial charge in [-0.05, 0) is 33.4 Å². The first-order valence-corrected chi connectivity index (χ1v) is 6.31. The minimum absolute atomic E-state index is 0.176. The van der Waals surface area contributed by atoms with Crippen molar-refractivity contribution in [2.24, 2.45) is 5.73 Å². The van der Waals surface area contributed by atoms with E-state index in [0.717, 1.165) is 0 Å². The van der Waals surface area contributed by atoms with Gasteiger partial charge in [-0.25, -0.2) is 4.39 Å². The molecular formula is C14H23FN2O. The number of halogens is 1. The second-order valence-electron chi connectivity index (χ2n) is 4.94. The first-order chi connectivity index (χ1) is 8.43. The summed E-state index contributed by atoms with van der Waals surface area (Å²) in [6.07, 6.45) is 0.288. The van der Waals surface area contributed by atoms with Gasteiger partial charge in [-0.15, -0.1) is 0 Å². The van der Waals surface area contributed by atoms with E-state index in [2.05, 4.69) is 0 Å². The molecule has 1 aromatic carbocycles. The topological polar surface area (TPSA) is 49.5 Å². The molecule has 0 saturated carbocycles. The molecule has 3 nitrogen and oxygen atoms in total. The zero-order chi connectivity index (χ0) is 13.7. The molecular weight excluding hydrogens is 231 g/mol. The van der Waals surface area contributed by atoms with Crippen molar-refractivity contribution < 1.29 is 9.50 Å². The van der Waals surface area contributed by atoms with Crippen LogP contribution in [0.15, 0.2) is 24.3 Å². The Hall–Kier alpha value is -0.970. The van der Waals surface area contributed by atoms with Gasteiger partial charge in [0.15, 0.2) is 0 Å². The standard InChI is InChI=1S/C14H23FN2O/c1-10(18)8-9-17(3)14(11(2)16)12-6-4-5-7-13(12)15/h4-7,10-11,14,18H,8-9,16H2,1-3H3. The summed E-state index contributed by atoms with van der Waals surface area (Å²) in [5.41, 5.74) is 6.59. The Kier molecular flexibility index (Phi) is 5.72. The van der Waals surface area contributed by atoms with Crippen LogP contribution in [0.2, 0.25) is 0 Å². The summed E-state index contributed by atoms with van der Waals surface area (Å²) in [7, 11) is 1.91. The van der Waals surface area contributed by atoms with Crippen molar-refractivity contribution in [3.05, 3.63) is 35.6 Å². The number of aliphatic hydroxyl groups excluding tert-OH is 1. The molecule has 0 aliphatic carbocycles. The summed E-state index contributed by atoms with van der Waals surface area (Å²) in [4.78, 5) is 2.00. The quantitative estimate of drug-likeness (QED) is 0.815. The van der Waals surface area contributed by atoms with Crippen LogP contribution in [0.1, 0.15) is 31.9 Å². The predicted octanol–water partition coefficient (Wildman–Crippen LogP) is 1.92. The van der Waals surface area contributed by atoms with Crippen LogP contribution in [0.25, 0.3) is 0 Å². The summed E-state index contributed by atoms with van der Waals surface area (Å²) < 4.78 is 13.8. The van der Waals surface area contributed by atoms with Crippen molar-refractivity contribution in [1.29, 1.82) is 0 Å². The van der Waals surface area contributed by atoms with Crippen LogP contribution in [0.3, 0.4) is 0 Å². The van der Waals surface area contributed by atoms with E-state index in [9.17, 15) is 9.50 Å². The average Bonchev–Trinajstić information content (AvgIpc) is 2.29. The molecule has 3 N–H and O–H groups in total. The smallest absolute Gasteiger partial charge is 0.128 e. The van der Waals surface area contributed by atoms with Crippen molar-refractivity contribution >= 4 is 0 Å². The van der Waals surface area contributed by atoms with Gasteiger partial charge < -0.3 is 10.8 Å². The van der Waals surface area contributed by atoms with E-state index in [1.807, 2.05) is 24.9 Å². The van der Waals surface area contributed by atoms with Gasteiger partial charge in [0.2, 0.25) is 0 Å². The Morgan fingerprint density at radius 3 is 2.44 bits per heavy atom. The third kappa shape index (κ3) is 4.05. The number of benzene rings is 1. The minimum Gasteiger partial charge on any atom is -0.393 e. The number of hydrogen-bond acceptors (Lipinski definition) is 3. The molecule has 0 spiro atoms. The van der Waals surface area contributed by atoms with Gasteiger partial charge in [-0.2, -0.15) is 0 Å². The zero-order valence-electron chi connectivity index (χ0n) is 11.3. The normalized spacial score (nSPS) is 16.6. The third-order valence-electron chi connectivity index (χ3n) is 3.10. The summed E-state index contributed by atoms with van der Waals surface area (Å²) >= 11 is 0. The third-order valence-corrected chi connectivity index (χ3v) is 3.10. The monoisotopic (exact) mass is 254 g/mol. The lowest BCUT2D eigenvalue weighted by molar-refractivity contribution is 0.142. The maximum atomic E-state index is 13.8. The fraction of sp³-hybridized carbons (Fsp3) is 0.571. The molecule has 0 radical (unpaired) electrons. The van der Waals surface area contributed by atoms with E-state index in [1.54, 1.807) is 19.1 Å². The Bertz CT molecular complexity index is 369. The second kappa shape index (κ2) is 6.83. The summed E-state index contributed by atoms with van der Waals surface area (Å²) in [6.45, 7) is 4.30. The molecule has 3 atom stereocenters. The number of hydrogen-bond donors (Lipinski definition) is 2. The molecule has 0 aromatic heterocycles. The second-order valence-corrected chi connectivity index (χ2v) is 4.94. The number of likely N-dealkylation sites (N-methyl/N-ethyl adjacent to an activating group) is 1. The minimum atomic E-state index is -0.359. The van der Waals surface area contributed by atoms with Crippen LogP contribution in [-0.4, -0.2) is 35.7 Å². The number of rotatable bonds is 6. The predicted molar refractivity (Wildman–Crippen MR) is 71.7 cm³/mol. The highest BCUT2D eigenvalue weighted by Crippen LogP contribution is 2.24. The van der Waals surface area contributed by atoms with Crippen LogP contribution in [-0.2, 0) is 0 Å². The van der Waals surface area contributed by atoms with E-state index in [-0.39, 0.29) is 24.0 Å².